The number of fused-ring (bicyclic) bond motifs is 2. The summed E-state index contributed by atoms with van der Waals surface area (Å²) in [6, 6.07) is 25.6. The lowest BCUT2D eigenvalue weighted by Crippen LogP contribution is -2.42. The van der Waals surface area contributed by atoms with Crippen LogP contribution in [0.3, 0.4) is 0 Å². The first kappa shape index (κ1) is 45.6. The molecule has 0 spiro atoms. The number of rotatable bonds is 9. The third-order valence-electron chi connectivity index (χ3n) is 14.8. The van der Waals surface area contributed by atoms with Crippen LogP contribution in [0, 0.1) is 22.7 Å². The topological polar surface area (TPSA) is 104 Å². The molecule has 6 aliphatic rings. The minimum absolute atomic E-state index is 0.0918. The molecule has 7 nitrogen and oxygen atoms in total. The zero-order chi connectivity index (χ0) is 46.8. The summed E-state index contributed by atoms with van der Waals surface area (Å²) in [4.78, 5) is 44.2. The van der Waals surface area contributed by atoms with Crippen molar-refractivity contribution in [3.8, 4) is 22.3 Å². The lowest BCUT2D eigenvalue weighted by Gasteiger charge is -2.33. The van der Waals surface area contributed by atoms with E-state index in [0.717, 1.165) is 74.1 Å². The number of nitrogens with one attached hydrogen (secondary N) is 3. The number of imidazole rings is 2. The maximum Gasteiger partial charge on any atom is 0.248 e. The first-order chi connectivity index (χ1) is 31.2. The summed E-state index contributed by atoms with van der Waals surface area (Å²) in [5.41, 5.74) is 10.8. The molecule has 1 amide bonds. The third kappa shape index (κ3) is 9.79. The number of carbonyl (C=O) groups excluding carboxylic acids is 2. The summed E-state index contributed by atoms with van der Waals surface area (Å²) >= 11 is 0. The Balaban J connectivity index is 0.965. The highest BCUT2D eigenvalue weighted by molar-refractivity contribution is 5.89. The number of ketones is 1. The second-order valence-corrected chi connectivity index (χ2v) is 22.1. The van der Waals surface area contributed by atoms with Gasteiger partial charge in [0.1, 0.15) is 23.1 Å². The van der Waals surface area contributed by atoms with Gasteiger partial charge in [-0.25, -0.2) is 23.1 Å². The van der Waals surface area contributed by atoms with Gasteiger partial charge in [0.05, 0.1) is 28.1 Å². The Labute approximate surface area is 386 Å². The molecule has 4 bridgehead atoms. The molecule has 0 saturated heterocycles. The van der Waals surface area contributed by atoms with E-state index in [9.17, 15) is 22.8 Å². The molecule has 10 heteroatoms. The Hall–Kier alpha value is -5.51. The van der Waals surface area contributed by atoms with Crippen molar-refractivity contribution >= 4 is 45.9 Å². The molecule has 2 atom stereocenters. The summed E-state index contributed by atoms with van der Waals surface area (Å²) in [6.07, 6.45) is 8.37. The number of carbonyl (C=O) groups is 2. The summed E-state index contributed by atoms with van der Waals surface area (Å²) in [6.45, 7) is 14.3. The molecule has 2 aromatic heterocycles. The van der Waals surface area contributed by atoms with Gasteiger partial charge in [0.2, 0.25) is 11.8 Å². The average molecular weight is 896 g/mol. The first-order valence-electron chi connectivity index (χ1n) is 24.0. The van der Waals surface area contributed by atoms with Crippen LogP contribution in [0.25, 0.3) is 56.5 Å². The van der Waals surface area contributed by atoms with E-state index < -0.39 is 23.6 Å². The minimum atomic E-state index is -2.69. The normalized spacial score (nSPS) is 21.2. The first-order valence-corrected chi connectivity index (χ1v) is 24.0. The van der Waals surface area contributed by atoms with Crippen LogP contribution in [-0.2, 0) is 22.4 Å². The van der Waals surface area contributed by atoms with Crippen molar-refractivity contribution in [2.75, 3.05) is 0 Å². The number of aromatic amines is 2. The summed E-state index contributed by atoms with van der Waals surface area (Å²) in [5, 5.41) is 3.18. The molecule has 2 saturated carbocycles. The Bertz CT molecular complexity index is 2820. The molecule has 3 N–H and O–H groups in total. The number of amides is 1. The third-order valence-corrected chi connectivity index (χ3v) is 14.8. The van der Waals surface area contributed by atoms with Crippen molar-refractivity contribution in [1.82, 2.24) is 25.3 Å². The Kier molecular flexibility index (Phi) is 12.0. The monoisotopic (exact) mass is 896 g/mol. The highest BCUT2D eigenvalue weighted by Gasteiger charge is 2.40. The van der Waals surface area contributed by atoms with Gasteiger partial charge in [0, 0.05) is 37.0 Å². The fourth-order valence-electron chi connectivity index (χ4n) is 10.5. The van der Waals surface area contributed by atoms with E-state index in [1.54, 1.807) is 6.92 Å². The number of hydrogen-bond donors (Lipinski definition) is 3. The van der Waals surface area contributed by atoms with Crippen LogP contribution in [0.1, 0.15) is 152 Å². The van der Waals surface area contributed by atoms with E-state index in [-0.39, 0.29) is 60.0 Å². The molecular formula is C56H64F3N5O2. The molecule has 6 aliphatic carbocycles. The van der Waals surface area contributed by atoms with E-state index in [1.807, 2.05) is 26.8 Å². The second-order valence-electron chi connectivity index (χ2n) is 22.1. The lowest BCUT2D eigenvalue weighted by molar-refractivity contribution is -0.131. The van der Waals surface area contributed by atoms with Gasteiger partial charge in [-0.15, -0.1) is 0 Å². The predicted octanol–water partition coefficient (Wildman–Crippen LogP) is 14.1. The molecule has 2 fully saturated rings. The fourth-order valence-corrected chi connectivity index (χ4v) is 10.5. The van der Waals surface area contributed by atoms with Crippen molar-refractivity contribution in [3.63, 3.8) is 0 Å². The summed E-state index contributed by atoms with van der Waals surface area (Å²) in [5.74, 6) is -1.82. The van der Waals surface area contributed by atoms with Crippen LogP contribution in [0.15, 0.2) is 72.8 Å². The van der Waals surface area contributed by atoms with E-state index in [4.69, 9.17) is 9.97 Å². The zero-order valence-electron chi connectivity index (χ0n) is 39.5. The van der Waals surface area contributed by atoms with Crippen LogP contribution < -0.4 is 5.32 Å². The van der Waals surface area contributed by atoms with Crippen LogP contribution in [-0.4, -0.2) is 43.2 Å². The number of hydrogen-bond acceptors (Lipinski definition) is 4. The number of H-pyrrole nitrogens is 2. The maximum atomic E-state index is 14.6. The minimum Gasteiger partial charge on any atom is -0.345 e. The Morgan fingerprint density at radius 3 is 1.97 bits per heavy atom. The van der Waals surface area contributed by atoms with Crippen molar-refractivity contribution in [3.05, 3.63) is 107 Å². The van der Waals surface area contributed by atoms with Gasteiger partial charge in [-0.2, -0.15) is 0 Å². The smallest absolute Gasteiger partial charge is 0.248 e. The molecule has 0 radical (unpaired) electrons. The molecular weight excluding hydrogens is 832 g/mol. The largest absolute Gasteiger partial charge is 0.345 e. The van der Waals surface area contributed by atoms with Crippen LogP contribution >= 0.6 is 0 Å². The standard InChI is InChI=1S/C56H64F3N5O2/c1-53(2,3)43(32-48(65)37-20-24-55(7,57)25-21-37)50-60-44-18-16-39(30-46(44)62-50)41-28-33-8-12-35(41)13-9-34-11-15-36(14-10-33)42(29-34)40-17-19-45-47(31-40)63-51(61-45)49(54(4,5)6)64-52(66)38-22-26-56(58,59)27-23-38/h8-9,11-13,15-19,28-31,37-38,43,49H,10,14,20-27,32H2,1-7H3,(H,60,62)(H,61,63)(H,64,66)/t37?,43-,49-,55?/m1/s1. The Morgan fingerprint density at radius 2 is 1.32 bits per heavy atom. The molecule has 66 heavy (non-hydrogen) atoms. The van der Waals surface area contributed by atoms with E-state index in [0.29, 0.717) is 37.9 Å². The number of nitrogens with zero attached hydrogens (tertiary/aromatic N) is 2. The molecule has 346 valence electrons. The van der Waals surface area contributed by atoms with Crippen molar-refractivity contribution in [1.29, 1.82) is 0 Å². The fraction of sp³-hybridized carbons (Fsp3) is 0.464. The summed E-state index contributed by atoms with van der Waals surface area (Å²) < 4.78 is 42.3. The quantitative estimate of drug-likeness (QED) is 0.134. The molecule has 2 heterocycles. The molecule has 0 aliphatic heterocycles. The van der Waals surface area contributed by atoms with Crippen molar-refractivity contribution in [2.45, 2.75) is 143 Å². The van der Waals surface area contributed by atoms with E-state index >= 15 is 0 Å². The second kappa shape index (κ2) is 17.3. The van der Waals surface area contributed by atoms with E-state index in [1.165, 1.54) is 11.1 Å². The van der Waals surface area contributed by atoms with Gasteiger partial charge < -0.3 is 15.3 Å². The number of halogens is 3. The number of alkyl halides is 3. The highest BCUT2D eigenvalue weighted by atomic mass is 19.3. The molecule has 6 aromatic rings. The van der Waals surface area contributed by atoms with Gasteiger partial charge in [-0.3, -0.25) is 9.59 Å². The highest BCUT2D eigenvalue weighted by Crippen LogP contribution is 2.43. The molecule has 4 aromatic carbocycles. The van der Waals surface area contributed by atoms with E-state index in [2.05, 4.69) is 115 Å². The van der Waals surface area contributed by atoms with Gasteiger partial charge in [-0.05, 0) is 144 Å². The Morgan fingerprint density at radius 1 is 0.697 bits per heavy atom. The number of Topliss-reactive ketones (excluding diaryl/α,β-unsaturated/α-hetero) is 1. The molecule has 0 unspecified atom stereocenters. The van der Waals surface area contributed by atoms with Crippen molar-refractivity contribution < 1.29 is 22.8 Å². The SMILES string of the molecule is CC1(F)CCC(C(=O)C[C@H](c2nc3ccc(-c4cc5ccc4C=Cc4ccc(c(-c6ccc7nc([C@@H](NC(=O)C8CCC(F)(F)CC8)C(C)(C)C)[nH]c7c6)c4)CC5)cc3[nH]2)C(C)(C)C)CC1. The van der Waals surface area contributed by atoms with Gasteiger partial charge in [-0.1, -0.05) is 96.2 Å². The van der Waals surface area contributed by atoms with Crippen LogP contribution in [0.4, 0.5) is 13.2 Å². The van der Waals surface area contributed by atoms with Gasteiger partial charge in [0.25, 0.3) is 0 Å². The number of aromatic nitrogens is 4. The lowest BCUT2D eigenvalue weighted by atomic mass is 9.73. The number of aryl methyl sites for hydroxylation is 2. The average Bonchev–Trinajstić information content (AvgIpc) is 3.88. The zero-order valence-corrected chi connectivity index (χ0v) is 39.5. The van der Waals surface area contributed by atoms with Gasteiger partial charge in [0.15, 0.2) is 0 Å². The number of benzene rings is 4. The predicted molar refractivity (Wildman–Crippen MR) is 260 cm³/mol. The summed E-state index contributed by atoms with van der Waals surface area (Å²) in [7, 11) is 0. The van der Waals surface area contributed by atoms with Crippen molar-refractivity contribution in [2.24, 2.45) is 22.7 Å². The molecule has 12 rings (SSSR count). The van der Waals surface area contributed by atoms with Gasteiger partial charge >= 0.3 is 0 Å². The van der Waals surface area contributed by atoms with Crippen LogP contribution in [0.5, 0.6) is 0 Å². The van der Waals surface area contributed by atoms with Crippen LogP contribution in [0.2, 0.25) is 0 Å². The maximum absolute atomic E-state index is 14.6.